The Balaban J connectivity index is 0.00000312. The van der Waals surface area contributed by atoms with Crippen LogP contribution in [0.15, 0.2) is 4.99 Å². The lowest BCUT2D eigenvalue weighted by Crippen LogP contribution is -2.53. The Kier molecular flexibility index (Phi) is 10.8. The molecule has 2 fully saturated rings. The average molecular weight is 487 g/mol. The van der Waals surface area contributed by atoms with E-state index < -0.39 is 10.8 Å². The third-order valence-electron chi connectivity index (χ3n) is 5.26. The van der Waals surface area contributed by atoms with E-state index in [9.17, 15) is 4.21 Å². The Morgan fingerprint density at radius 1 is 1.36 bits per heavy atom. The van der Waals surface area contributed by atoms with E-state index in [1.165, 1.54) is 0 Å². The topological polar surface area (TPSA) is 72.0 Å². The molecule has 1 aliphatic heterocycles. The number of ether oxygens (including phenoxy) is 2. The molecule has 1 saturated heterocycles. The second kappa shape index (κ2) is 11.7. The van der Waals surface area contributed by atoms with Gasteiger partial charge in [-0.05, 0) is 19.3 Å². The predicted molar refractivity (Wildman–Crippen MR) is 114 cm³/mol. The zero-order valence-electron chi connectivity index (χ0n) is 15.7. The molecule has 0 radical (unpaired) electrons. The van der Waals surface area contributed by atoms with Crippen molar-refractivity contribution in [3.05, 3.63) is 0 Å². The third kappa shape index (κ3) is 6.95. The minimum atomic E-state index is -0.701. The van der Waals surface area contributed by atoms with Crippen LogP contribution in [0.4, 0.5) is 0 Å². The van der Waals surface area contributed by atoms with Gasteiger partial charge in [0.05, 0.1) is 5.60 Å². The van der Waals surface area contributed by atoms with Gasteiger partial charge in [-0.25, -0.2) is 0 Å². The van der Waals surface area contributed by atoms with Crippen molar-refractivity contribution in [1.29, 1.82) is 0 Å². The highest BCUT2D eigenvalue weighted by molar-refractivity contribution is 14.0. The predicted octanol–water partition coefficient (Wildman–Crippen LogP) is 2.04. The van der Waals surface area contributed by atoms with Crippen LogP contribution in [0.2, 0.25) is 0 Å². The Bertz CT molecular complexity index is 445. The molecule has 0 amide bonds. The second-order valence-corrected chi connectivity index (χ2v) is 8.73. The van der Waals surface area contributed by atoms with E-state index in [1.54, 1.807) is 14.2 Å². The molecule has 0 spiro atoms. The summed E-state index contributed by atoms with van der Waals surface area (Å²) in [5.41, 5.74) is -0.172. The zero-order chi connectivity index (χ0) is 17.4. The van der Waals surface area contributed by atoms with Gasteiger partial charge in [0.25, 0.3) is 0 Å². The highest BCUT2D eigenvalue weighted by atomic mass is 127. The first-order valence-corrected chi connectivity index (χ1v) is 10.5. The second-order valence-electron chi connectivity index (χ2n) is 6.72. The zero-order valence-corrected chi connectivity index (χ0v) is 18.9. The molecule has 1 heterocycles. The van der Waals surface area contributed by atoms with Crippen molar-refractivity contribution in [1.82, 2.24) is 10.6 Å². The van der Waals surface area contributed by atoms with E-state index in [1.807, 2.05) is 6.92 Å². The van der Waals surface area contributed by atoms with E-state index >= 15 is 0 Å². The number of nitrogens with one attached hydrogen (secondary N) is 2. The molecule has 0 aromatic carbocycles. The largest absolute Gasteiger partial charge is 0.381 e. The maximum absolute atomic E-state index is 12.1. The van der Waals surface area contributed by atoms with Crippen molar-refractivity contribution < 1.29 is 13.7 Å². The molecule has 2 rings (SSSR count). The van der Waals surface area contributed by atoms with Gasteiger partial charge in [0.1, 0.15) is 0 Å². The quantitative estimate of drug-likeness (QED) is 0.341. The Morgan fingerprint density at radius 3 is 2.68 bits per heavy atom. The molecule has 148 valence electrons. The van der Waals surface area contributed by atoms with Crippen molar-refractivity contribution in [2.45, 2.75) is 62.3 Å². The van der Waals surface area contributed by atoms with Crippen molar-refractivity contribution in [3.63, 3.8) is 0 Å². The van der Waals surface area contributed by atoms with E-state index in [2.05, 4.69) is 15.6 Å². The van der Waals surface area contributed by atoms with Gasteiger partial charge in [-0.15, -0.1) is 24.0 Å². The molecule has 6 nitrogen and oxygen atoms in total. The van der Waals surface area contributed by atoms with Crippen LogP contribution in [0.3, 0.4) is 0 Å². The molecule has 2 N–H and O–H groups in total. The van der Waals surface area contributed by atoms with E-state index in [4.69, 9.17) is 9.47 Å². The number of methoxy groups -OCH3 is 1. The molecule has 0 bridgehead atoms. The maximum Gasteiger partial charge on any atom is 0.191 e. The summed E-state index contributed by atoms with van der Waals surface area (Å²) in [7, 11) is 2.87. The van der Waals surface area contributed by atoms with Gasteiger partial charge in [0, 0.05) is 74.6 Å². The van der Waals surface area contributed by atoms with Crippen LogP contribution in [0.1, 0.15) is 45.4 Å². The minimum Gasteiger partial charge on any atom is -0.381 e. The molecule has 3 unspecified atom stereocenters. The van der Waals surface area contributed by atoms with Crippen molar-refractivity contribution in [2.75, 3.05) is 39.7 Å². The molecule has 2 aliphatic rings. The molecular weight excluding hydrogens is 453 g/mol. The van der Waals surface area contributed by atoms with Gasteiger partial charge in [-0.3, -0.25) is 9.20 Å². The summed E-state index contributed by atoms with van der Waals surface area (Å²) in [5, 5.41) is 7.25. The van der Waals surface area contributed by atoms with Gasteiger partial charge < -0.3 is 20.1 Å². The highest BCUT2D eigenvalue weighted by Crippen LogP contribution is 2.24. The Morgan fingerprint density at radius 2 is 2.08 bits per heavy atom. The van der Waals surface area contributed by atoms with Crippen molar-refractivity contribution in [2.24, 2.45) is 4.99 Å². The van der Waals surface area contributed by atoms with Crippen LogP contribution >= 0.6 is 24.0 Å². The lowest BCUT2D eigenvalue weighted by atomic mass is 9.94. The first kappa shape index (κ1) is 23.1. The molecule has 1 aliphatic carbocycles. The lowest BCUT2D eigenvalue weighted by Gasteiger charge is -2.37. The number of hydrogen-bond acceptors (Lipinski definition) is 4. The number of guanidine groups is 1. The van der Waals surface area contributed by atoms with Gasteiger partial charge in [-0.1, -0.05) is 13.3 Å². The van der Waals surface area contributed by atoms with E-state index in [-0.39, 0.29) is 29.6 Å². The smallest absolute Gasteiger partial charge is 0.191 e. The van der Waals surface area contributed by atoms with Gasteiger partial charge >= 0.3 is 0 Å². The molecule has 1 saturated carbocycles. The number of aliphatic imine (C=N–C) groups is 1. The summed E-state index contributed by atoms with van der Waals surface area (Å²) >= 11 is 0. The molecule has 0 aromatic rings. The van der Waals surface area contributed by atoms with Gasteiger partial charge in [-0.2, -0.15) is 0 Å². The van der Waals surface area contributed by atoms with Crippen LogP contribution in [-0.2, 0) is 20.3 Å². The Hall–Kier alpha value is 0.0700. The van der Waals surface area contributed by atoms with Crippen LogP contribution < -0.4 is 10.6 Å². The fourth-order valence-electron chi connectivity index (χ4n) is 3.58. The molecule has 25 heavy (non-hydrogen) atoms. The van der Waals surface area contributed by atoms with Crippen LogP contribution in [0.25, 0.3) is 0 Å². The van der Waals surface area contributed by atoms with Crippen molar-refractivity contribution >= 4 is 40.7 Å². The standard InChI is InChI=1S/C17H33N3O3S.HI/c1-4-24(21)15-7-5-6-14(12-15)20-16(18-2)19-13-17(22-3)8-10-23-11-9-17;/h14-15H,4-13H2,1-3H3,(H2,18,19,20);1H. The monoisotopic (exact) mass is 487 g/mol. The number of nitrogens with zero attached hydrogens (tertiary/aromatic N) is 1. The first-order chi connectivity index (χ1) is 11.6. The fraction of sp³-hybridized carbons (Fsp3) is 0.941. The van der Waals surface area contributed by atoms with Crippen LogP contribution in [-0.4, -0.2) is 66.7 Å². The SMILES string of the molecule is CCS(=O)C1CCCC(NC(=NC)NCC2(OC)CCOCC2)C1.I. The first-order valence-electron chi connectivity index (χ1n) is 9.09. The van der Waals surface area contributed by atoms with Crippen LogP contribution in [0.5, 0.6) is 0 Å². The fourth-order valence-corrected chi connectivity index (χ4v) is 4.93. The summed E-state index contributed by atoms with van der Waals surface area (Å²) in [6.45, 7) is 4.22. The number of hydrogen-bond donors (Lipinski definition) is 2. The summed E-state index contributed by atoms with van der Waals surface area (Å²) in [6.07, 6.45) is 6.08. The van der Waals surface area contributed by atoms with Crippen LogP contribution in [0, 0.1) is 0 Å². The van der Waals surface area contributed by atoms with E-state index in [0.717, 1.165) is 70.0 Å². The highest BCUT2D eigenvalue weighted by Gasteiger charge is 2.33. The molecule has 0 aromatic heterocycles. The molecular formula is C17H34IN3O3S. The summed E-state index contributed by atoms with van der Waals surface area (Å²) < 4.78 is 23.3. The minimum absolute atomic E-state index is 0. The molecule has 8 heteroatoms. The number of halogens is 1. The summed E-state index contributed by atoms with van der Waals surface area (Å²) in [6, 6.07) is 0.346. The summed E-state index contributed by atoms with van der Waals surface area (Å²) in [5.74, 6) is 1.56. The summed E-state index contributed by atoms with van der Waals surface area (Å²) in [4.78, 5) is 4.35. The number of rotatable bonds is 6. The third-order valence-corrected chi connectivity index (χ3v) is 7.00. The van der Waals surface area contributed by atoms with Gasteiger partial charge in [0.15, 0.2) is 5.96 Å². The normalized spacial score (nSPS) is 27.9. The average Bonchev–Trinajstić information content (AvgIpc) is 2.65. The molecule has 3 atom stereocenters. The Labute approximate surface area is 171 Å². The van der Waals surface area contributed by atoms with Crippen molar-refractivity contribution in [3.8, 4) is 0 Å². The lowest BCUT2D eigenvalue weighted by molar-refractivity contribution is -0.0855. The maximum atomic E-state index is 12.1. The van der Waals surface area contributed by atoms with E-state index in [0.29, 0.717) is 11.3 Å². The van der Waals surface area contributed by atoms with Gasteiger partial charge in [0.2, 0.25) is 0 Å².